The number of ether oxygens (including phenoxy) is 1. The van der Waals surface area contributed by atoms with Gasteiger partial charge in [-0.25, -0.2) is 0 Å². The number of rotatable bonds is 9. The molecule has 8 heteroatoms. The van der Waals surface area contributed by atoms with E-state index < -0.39 is 5.91 Å². The van der Waals surface area contributed by atoms with E-state index in [1.807, 2.05) is 13.8 Å². The van der Waals surface area contributed by atoms with Crippen molar-refractivity contribution in [3.8, 4) is 5.75 Å². The van der Waals surface area contributed by atoms with E-state index >= 15 is 0 Å². The van der Waals surface area contributed by atoms with E-state index in [0.717, 1.165) is 30.4 Å². The molecule has 0 atom stereocenters. The van der Waals surface area contributed by atoms with E-state index in [0.29, 0.717) is 17.2 Å². The summed E-state index contributed by atoms with van der Waals surface area (Å²) in [5.41, 5.74) is 6.63. The standard InChI is InChI=1S/C19H28ClN3O3S/c1-4-5-6-7-8-9-16(24)21-19(27)23-22-17(25)12-26-15-10-13(2)18(20)14(3)11-15/h10-11H,4-9,12H2,1-3H3,(H,22,25)(H2,21,23,24,27). The Labute approximate surface area is 171 Å². The molecule has 3 N–H and O–H groups in total. The van der Waals surface area contributed by atoms with Crippen LogP contribution in [0, 0.1) is 13.8 Å². The van der Waals surface area contributed by atoms with Crippen LogP contribution in [0.1, 0.15) is 56.6 Å². The lowest BCUT2D eigenvalue weighted by molar-refractivity contribution is -0.124. The lowest BCUT2D eigenvalue weighted by Crippen LogP contribution is -2.49. The average Bonchev–Trinajstić information content (AvgIpc) is 2.62. The largest absolute Gasteiger partial charge is 0.484 e. The Hall–Kier alpha value is -1.86. The molecule has 0 aromatic heterocycles. The maximum Gasteiger partial charge on any atom is 0.276 e. The van der Waals surface area contributed by atoms with Gasteiger partial charge < -0.3 is 10.1 Å². The molecule has 0 heterocycles. The number of hydrazine groups is 1. The van der Waals surface area contributed by atoms with Crippen molar-refractivity contribution in [3.05, 3.63) is 28.3 Å². The fourth-order valence-electron chi connectivity index (χ4n) is 2.41. The molecule has 0 fully saturated rings. The number of carbonyl (C=O) groups excluding carboxylic acids is 2. The Balaban J connectivity index is 2.23. The first-order chi connectivity index (χ1) is 12.8. The fourth-order valence-corrected chi connectivity index (χ4v) is 2.68. The lowest BCUT2D eigenvalue weighted by Gasteiger charge is -2.12. The van der Waals surface area contributed by atoms with Crippen LogP contribution in [0.3, 0.4) is 0 Å². The number of benzene rings is 1. The van der Waals surface area contributed by atoms with E-state index in [-0.39, 0.29) is 17.6 Å². The summed E-state index contributed by atoms with van der Waals surface area (Å²) >= 11 is 11.1. The first-order valence-corrected chi connectivity index (χ1v) is 9.90. The molecule has 150 valence electrons. The van der Waals surface area contributed by atoms with Crippen molar-refractivity contribution in [1.82, 2.24) is 16.2 Å². The minimum Gasteiger partial charge on any atom is -0.484 e. The number of hydrogen-bond acceptors (Lipinski definition) is 4. The van der Waals surface area contributed by atoms with Crippen LogP contribution in [-0.2, 0) is 9.59 Å². The normalized spacial score (nSPS) is 10.2. The van der Waals surface area contributed by atoms with Crippen LogP contribution >= 0.6 is 23.8 Å². The summed E-state index contributed by atoms with van der Waals surface area (Å²) in [4.78, 5) is 23.6. The Bertz CT molecular complexity index is 645. The first-order valence-electron chi connectivity index (χ1n) is 9.11. The molecule has 0 aliphatic rings. The highest BCUT2D eigenvalue weighted by Gasteiger charge is 2.08. The summed E-state index contributed by atoms with van der Waals surface area (Å²) in [5, 5.41) is 3.27. The topological polar surface area (TPSA) is 79.5 Å². The average molecular weight is 414 g/mol. The van der Waals surface area contributed by atoms with Gasteiger partial charge in [-0.15, -0.1) is 0 Å². The second-order valence-corrected chi connectivity index (χ2v) is 7.16. The summed E-state index contributed by atoms with van der Waals surface area (Å²) in [5.74, 6) is -0.0264. The van der Waals surface area contributed by atoms with Gasteiger partial charge in [-0.3, -0.25) is 20.4 Å². The van der Waals surface area contributed by atoms with Crippen molar-refractivity contribution in [1.29, 1.82) is 0 Å². The number of hydrogen-bond donors (Lipinski definition) is 3. The van der Waals surface area contributed by atoms with Gasteiger partial charge in [0, 0.05) is 11.4 Å². The van der Waals surface area contributed by atoms with Crippen LogP contribution in [0.25, 0.3) is 0 Å². The zero-order chi connectivity index (χ0) is 20.2. The molecule has 0 radical (unpaired) electrons. The molecule has 2 amide bonds. The van der Waals surface area contributed by atoms with Crippen molar-refractivity contribution in [2.24, 2.45) is 0 Å². The zero-order valence-electron chi connectivity index (χ0n) is 16.1. The molecule has 0 bridgehead atoms. The molecule has 1 aromatic rings. The van der Waals surface area contributed by atoms with Gasteiger partial charge in [-0.2, -0.15) is 0 Å². The van der Waals surface area contributed by atoms with Crippen molar-refractivity contribution in [3.63, 3.8) is 0 Å². The maximum atomic E-state index is 11.8. The Morgan fingerprint density at radius 3 is 2.30 bits per heavy atom. The molecule has 1 aromatic carbocycles. The van der Waals surface area contributed by atoms with E-state index in [1.54, 1.807) is 12.1 Å². The van der Waals surface area contributed by atoms with Crippen LogP contribution in [0.4, 0.5) is 0 Å². The number of amides is 2. The number of thiocarbonyl (C=S) groups is 1. The van der Waals surface area contributed by atoms with E-state index in [4.69, 9.17) is 28.6 Å². The summed E-state index contributed by atoms with van der Waals surface area (Å²) < 4.78 is 5.44. The van der Waals surface area contributed by atoms with E-state index in [1.165, 1.54) is 12.8 Å². The number of unbranched alkanes of at least 4 members (excludes halogenated alkanes) is 4. The molecule has 27 heavy (non-hydrogen) atoms. The lowest BCUT2D eigenvalue weighted by atomic mass is 10.1. The molecule has 0 unspecified atom stereocenters. The third-order valence-electron chi connectivity index (χ3n) is 3.86. The van der Waals surface area contributed by atoms with E-state index in [2.05, 4.69) is 23.1 Å². The highest BCUT2D eigenvalue weighted by Crippen LogP contribution is 2.25. The summed E-state index contributed by atoms with van der Waals surface area (Å²) in [6.45, 7) is 5.69. The van der Waals surface area contributed by atoms with Crippen molar-refractivity contribution >= 4 is 40.7 Å². The first kappa shape index (κ1) is 23.2. The predicted molar refractivity (Wildman–Crippen MR) is 112 cm³/mol. The smallest absolute Gasteiger partial charge is 0.276 e. The molecule has 0 saturated carbocycles. The highest BCUT2D eigenvalue weighted by atomic mass is 35.5. The molecular weight excluding hydrogens is 386 g/mol. The van der Waals surface area contributed by atoms with Crippen LogP contribution in [-0.4, -0.2) is 23.5 Å². The minimum absolute atomic E-state index is 0.0556. The quantitative estimate of drug-likeness (QED) is 0.326. The minimum atomic E-state index is -0.420. The Morgan fingerprint density at radius 1 is 1.04 bits per heavy atom. The number of halogens is 1. The molecule has 0 spiro atoms. The second-order valence-electron chi connectivity index (χ2n) is 6.37. The summed E-state index contributed by atoms with van der Waals surface area (Å²) in [6.07, 6.45) is 5.76. The Kier molecular flexibility index (Phi) is 10.7. The van der Waals surface area contributed by atoms with Gasteiger partial charge in [0.25, 0.3) is 5.91 Å². The molecule has 1 rings (SSSR count). The van der Waals surface area contributed by atoms with Crippen LogP contribution in [0.2, 0.25) is 5.02 Å². The van der Waals surface area contributed by atoms with Crippen LogP contribution in [0.5, 0.6) is 5.75 Å². The van der Waals surface area contributed by atoms with Gasteiger partial charge >= 0.3 is 0 Å². The van der Waals surface area contributed by atoms with Crippen molar-refractivity contribution < 1.29 is 14.3 Å². The Morgan fingerprint density at radius 2 is 1.67 bits per heavy atom. The number of carbonyl (C=O) groups is 2. The third kappa shape index (κ3) is 9.58. The summed E-state index contributed by atoms with van der Waals surface area (Å²) in [6, 6.07) is 3.53. The monoisotopic (exact) mass is 413 g/mol. The zero-order valence-corrected chi connectivity index (χ0v) is 17.7. The van der Waals surface area contributed by atoms with Gasteiger partial charge in [-0.1, -0.05) is 44.2 Å². The highest BCUT2D eigenvalue weighted by molar-refractivity contribution is 7.80. The van der Waals surface area contributed by atoms with Crippen LogP contribution in [0.15, 0.2) is 12.1 Å². The van der Waals surface area contributed by atoms with Gasteiger partial charge in [0.2, 0.25) is 5.91 Å². The second kappa shape index (κ2) is 12.5. The molecule has 0 saturated heterocycles. The van der Waals surface area contributed by atoms with Gasteiger partial charge in [0.1, 0.15) is 5.75 Å². The number of nitrogens with one attached hydrogen (secondary N) is 3. The van der Waals surface area contributed by atoms with Gasteiger partial charge in [0.15, 0.2) is 11.7 Å². The predicted octanol–water partition coefficient (Wildman–Crippen LogP) is 3.72. The van der Waals surface area contributed by atoms with Crippen molar-refractivity contribution in [2.75, 3.05) is 6.61 Å². The molecule has 6 nitrogen and oxygen atoms in total. The van der Waals surface area contributed by atoms with Crippen LogP contribution < -0.4 is 20.9 Å². The summed E-state index contributed by atoms with van der Waals surface area (Å²) in [7, 11) is 0. The van der Waals surface area contributed by atoms with E-state index in [9.17, 15) is 9.59 Å². The molecule has 0 aliphatic carbocycles. The van der Waals surface area contributed by atoms with Gasteiger partial charge in [0.05, 0.1) is 0 Å². The molecular formula is C19H28ClN3O3S. The van der Waals surface area contributed by atoms with Gasteiger partial charge in [-0.05, 0) is 55.7 Å². The SMILES string of the molecule is CCCCCCCC(=O)NC(=S)NNC(=O)COc1cc(C)c(Cl)c(C)c1. The maximum absolute atomic E-state index is 11.8. The third-order valence-corrected chi connectivity index (χ3v) is 4.66. The number of aryl methyl sites for hydroxylation is 2. The fraction of sp³-hybridized carbons (Fsp3) is 0.526. The van der Waals surface area contributed by atoms with Crippen molar-refractivity contribution in [2.45, 2.75) is 59.3 Å². The molecule has 0 aliphatic heterocycles.